The van der Waals surface area contributed by atoms with Gasteiger partial charge in [-0.3, -0.25) is 14.9 Å². The highest BCUT2D eigenvalue weighted by Gasteiger charge is 2.11. The minimum atomic E-state index is -0.443. The van der Waals surface area contributed by atoms with Crippen LogP contribution in [0.25, 0.3) is 0 Å². The van der Waals surface area contributed by atoms with Crippen molar-refractivity contribution in [3.05, 3.63) is 34.5 Å². The van der Waals surface area contributed by atoms with Gasteiger partial charge >= 0.3 is 0 Å². The lowest BCUT2D eigenvalue weighted by atomic mass is 10.3. The van der Waals surface area contributed by atoms with Crippen LogP contribution in [0.2, 0.25) is 0 Å². The van der Waals surface area contributed by atoms with Crippen LogP contribution in [-0.2, 0) is 6.54 Å². The van der Waals surface area contributed by atoms with E-state index >= 15 is 0 Å². The summed E-state index contributed by atoms with van der Waals surface area (Å²) in [6.07, 6.45) is 3.06. The Morgan fingerprint density at radius 1 is 1.47 bits per heavy atom. The van der Waals surface area contributed by atoms with Gasteiger partial charge in [-0.15, -0.1) is 0 Å². The van der Waals surface area contributed by atoms with Crippen LogP contribution in [0, 0.1) is 0 Å². The Hall–Kier alpha value is -2.51. The van der Waals surface area contributed by atoms with Gasteiger partial charge in [0, 0.05) is 12.6 Å². The summed E-state index contributed by atoms with van der Waals surface area (Å²) in [6.45, 7) is 2.52. The van der Waals surface area contributed by atoms with Gasteiger partial charge in [0.2, 0.25) is 5.95 Å². The van der Waals surface area contributed by atoms with E-state index in [-0.39, 0.29) is 17.2 Å². The maximum absolute atomic E-state index is 11.9. The summed E-state index contributed by atoms with van der Waals surface area (Å²) in [5, 5.41) is 12.6. The molecule has 0 saturated heterocycles. The molecule has 0 aliphatic heterocycles. The number of hydrogen-bond donors (Lipinski definition) is 2. The monoisotopic (exact) mass is 262 g/mol. The molecule has 0 spiro atoms. The Kier molecular flexibility index (Phi) is 4.01. The summed E-state index contributed by atoms with van der Waals surface area (Å²) in [5.41, 5.74) is -0.0585. The number of H-pyrrole nitrogens is 1. The van der Waals surface area contributed by atoms with Gasteiger partial charge < -0.3 is 0 Å². The lowest BCUT2D eigenvalue weighted by Gasteiger charge is -2.05. The number of aryl methyl sites for hydroxylation is 1. The van der Waals surface area contributed by atoms with E-state index in [9.17, 15) is 9.59 Å². The summed E-state index contributed by atoms with van der Waals surface area (Å²) in [6, 6.07) is 2.72. The zero-order chi connectivity index (χ0) is 13.7. The molecule has 0 unspecified atom stereocenters. The molecule has 0 atom stereocenters. The van der Waals surface area contributed by atoms with Crippen molar-refractivity contribution >= 4 is 11.9 Å². The van der Waals surface area contributed by atoms with E-state index in [0.717, 1.165) is 12.8 Å². The lowest BCUT2D eigenvalue weighted by molar-refractivity contribution is 0.101. The summed E-state index contributed by atoms with van der Waals surface area (Å²) >= 11 is 0. The second-order valence-electron chi connectivity index (χ2n) is 3.92. The fraction of sp³-hybridized carbons (Fsp3) is 0.364. The molecule has 0 bridgehead atoms. The molecule has 8 nitrogen and oxygen atoms in total. The smallest absolute Gasteiger partial charge is 0.278 e. The predicted octanol–water partition coefficient (Wildman–Crippen LogP) is 0.414. The zero-order valence-corrected chi connectivity index (χ0v) is 10.5. The second-order valence-corrected chi connectivity index (χ2v) is 3.92. The average molecular weight is 262 g/mol. The Balaban J connectivity index is 2.15. The van der Waals surface area contributed by atoms with Crippen LogP contribution >= 0.6 is 0 Å². The van der Waals surface area contributed by atoms with Crippen molar-refractivity contribution in [2.75, 3.05) is 5.32 Å². The van der Waals surface area contributed by atoms with Gasteiger partial charge in [0.1, 0.15) is 12.0 Å². The molecule has 8 heteroatoms. The molecule has 100 valence electrons. The molecule has 2 rings (SSSR count). The van der Waals surface area contributed by atoms with Crippen molar-refractivity contribution in [3.63, 3.8) is 0 Å². The first-order chi connectivity index (χ1) is 9.20. The minimum absolute atomic E-state index is 0.159. The third-order valence-electron chi connectivity index (χ3n) is 2.47. The number of aromatic amines is 1. The van der Waals surface area contributed by atoms with Crippen LogP contribution < -0.4 is 10.9 Å². The van der Waals surface area contributed by atoms with E-state index < -0.39 is 5.91 Å². The average Bonchev–Trinajstić information content (AvgIpc) is 2.90. The molecule has 0 aromatic carbocycles. The number of unbranched alkanes of at least 4 members (excludes halogenated alkanes) is 1. The molecule has 0 radical (unpaired) electrons. The highest BCUT2D eigenvalue weighted by molar-refractivity contribution is 6.01. The van der Waals surface area contributed by atoms with Crippen molar-refractivity contribution in [3.8, 4) is 0 Å². The van der Waals surface area contributed by atoms with Crippen LogP contribution in [0.3, 0.4) is 0 Å². The predicted molar refractivity (Wildman–Crippen MR) is 67.7 cm³/mol. The van der Waals surface area contributed by atoms with Gasteiger partial charge in [-0.2, -0.15) is 15.2 Å². The van der Waals surface area contributed by atoms with Crippen molar-refractivity contribution in [2.45, 2.75) is 26.3 Å². The summed E-state index contributed by atoms with van der Waals surface area (Å²) in [7, 11) is 0. The van der Waals surface area contributed by atoms with Gasteiger partial charge in [0.05, 0.1) is 0 Å². The fourth-order valence-electron chi connectivity index (χ4n) is 1.48. The number of rotatable bonds is 5. The summed E-state index contributed by atoms with van der Waals surface area (Å²) < 4.78 is 1.29. The topological polar surface area (TPSA) is 106 Å². The Labute approximate surface area is 108 Å². The molecular weight excluding hydrogens is 248 g/mol. The Morgan fingerprint density at radius 2 is 2.32 bits per heavy atom. The number of anilines is 1. The maximum atomic E-state index is 11.9. The first kappa shape index (κ1) is 12.9. The highest BCUT2D eigenvalue weighted by atomic mass is 16.2. The third-order valence-corrected chi connectivity index (χ3v) is 2.47. The van der Waals surface area contributed by atoms with Crippen LogP contribution in [0.1, 0.15) is 30.3 Å². The van der Waals surface area contributed by atoms with Gasteiger partial charge in [-0.1, -0.05) is 13.3 Å². The highest BCUT2D eigenvalue weighted by Crippen LogP contribution is 1.99. The van der Waals surface area contributed by atoms with E-state index in [4.69, 9.17) is 0 Å². The van der Waals surface area contributed by atoms with Crippen LogP contribution in [0.4, 0.5) is 5.95 Å². The Morgan fingerprint density at radius 3 is 3.00 bits per heavy atom. The minimum Gasteiger partial charge on any atom is -0.289 e. The number of amides is 1. The van der Waals surface area contributed by atoms with E-state index in [2.05, 4.69) is 25.6 Å². The number of aromatic nitrogens is 5. The lowest BCUT2D eigenvalue weighted by Crippen LogP contribution is -2.26. The molecule has 0 aliphatic carbocycles. The molecule has 0 aliphatic rings. The van der Waals surface area contributed by atoms with Crippen molar-refractivity contribution < 1.29 is 4.79 Å². The normalized spacial score (nSPS) is 10.4. The first-order valence-electron chi connectivity index (χ1n) is 5.95. The van der Waals surface area contributed by atoms with E-state index in [1.165, 1.54) is 23.1 Å². The number of nitrogens with one attached hydrogen (secondary N) is 2. The number of carbonyl (C=O) groups is 1. The molecule has 2 heterocycles. The SMILES string of the molecule is CCCCn1nc(C(=O)Nc2ncn[nH]2)ccc1=O. The van der Waals surface area contributed by atoms with E-state index in [1.54, 1.807) is 0 Å². The summed E-state index contributed by atoms with van der Waals surface area (Å²) in [5.74, 6) is -0.208. The van der Waals surface area contributed by atoms with Gasteiger partial charge in [-0.25, -0.2) is 9.78 Å². The quantitative estimate of drug-likeness (QED) is 0.812. The van der Waals surface area contributed by atoms with Gasteiger partial charge in [0.25, 0.3) is 11.5 Å². The fourth-order valence-corrected chi connectivity index (χ4v) is 1.48. The van der Waals surface area contributed by atoms with Gasteiger partial charge in [-0.05, 0) is 12.5 Å². The molecular formula is C11H14N6O2. The number of carbonyl (C=O) groups excluding carboxylic acids is 1. The maximum Gasteiger partial charge on any atom is 0.278 e. The largest absolute Gasteiger partial charge is 0.289 e. The van der Waals surface area contributed by atoms with Gasteiger partial charge in [0.15, 0.2) is 0 Å². The Bertz CT molecular complexity index is 604. The molecule has 0 saturated carbocycles. The number of nitrogens with zero attached hydrogens (tertiary/aromatic N) is 4. The molecule has 2 N–H and O–H groups in total. The number of hydrogen-bond acceptors (Lipinski definition) is 5. The van der Waals surface area contributed by atoms with Crippen LogP contribution in [0.5, 0.6) is 0 Å². The van der Waals surface area contributed by atoms with E-state index in [0.29, 0.717) is 6.54 Å². The van der Waals surface area contributed by atoms with Crippen molar-refractivity contribution in [1.82, 2.24) is 25.0 Å². The molecule has 1 amide bonds. The molecule has 2 aromatic heterocycles. The van der Waals surface area contributed by atoms with Crippen LogP contribution in [0.15, 0.2) is 23.3 Å². The van der Waals surface area contributed by atoms with Crippen molar-refractivity contribution in [2.24, 2.45) is 0 Å². The molecule has 0 fully saturated rings. The van der Waals surface area contributed by atoms with Crippen LogP contribution in [-0.4, -0.2) is 30.9 Å². The second kappa shape index (κ2) is 5.89. The molecule has 2 aromatic rings. The van der Waals surface area contributed by atoms with E-state index in [1.807, 2.05) is 6.92 Å². The van der Waals surface area contributed by atoms with Crippen molar-refractivity contribution in [1.29, 1.82) is 0 Å². The molecule has 19 heavy (non-hydrogen) atoms. The standard InChI is InChI=1S/C11H14N6O2/c1-2-3-6-17-9(18)5-4-8(16-17)10(19)14-11-12-7-13-15-11/h4-5,7H,2-3,6H2,1H3,(H2,12,13,14,15,19). The summed E-state index contributed by atoms with van der Waals surface area (Å²) in [4.78, 5) is 27.2. The first-order valence-corrected chi connectivity index (χ1v) is 5.95. The zero-order valence-electron chi connectivity index (χ0n) is 10.5. The third kappa shape index (κ3) is 3.24.